The third-order valence-electron chi connectivity index (χ3n) is 2.71. The molecule has 0 bridgehead atoms. The average Bonchev–Trinajstić information content (AvgIpc) is 2.65. The van der Waals surface area contributed by atoms with Crippen LogP contribution >= 0.6 is 13.6 Å². The molecule has 1 aromatic rings. The van der Waals surface area contributed by atoms with Crippen molar-refractivity contribution < 1.29 is 19.9 Å². The molecule has 2 atom stereocenters. The molecular formula is C9H13BrN2OZn. The van der Waals surface area contributed by atoms with E-state index >= 15 is 0 Å². The van der Waals surface area contributed by atoms with Crippen molar-refractivity contribution in [2.45, 2.75) is 23.5 Å². The molecule has 74 valence electrons. The van der Waals surface area contributed by atoms with Crippen LogP contribution in [0.25, 0.3) is 0 Å². The summed E-state index contributed by atoms with van der Waals surface area (Å²) in [4.78, 5) is 0. The van der Waals surface area contributed by atoms with Crippen LogP contribution in [0.1, 0.15) is 24.5 Å². The van der Waals surface area contributed by atoms with Crippen LogP contribution in [0.2, 0.25) is 4.51 Å². The standard InChI is InChI=1S/C9H13N2O.BrH.Zn/c1-11-7-8(6-10-11)9-4-2-3-5-12-9;;/h2,6-7,9H,3-5H2,1H3;1H;/q;;+1/p-1. The second-order valence-electron chi connectivity index (χ2n) is 3.85. The molecule has 2 heterocycles. The summed E-state index contributed by atoms with van der Waals surface area (Å²) in [5.74, 6) is 0. The van der Waals surface area contributed by atoms with Gasteiger partial charge >= 0.3 is 98.4 Å². The topological polar surface area (TPSA) is 27.1 Å². The Bertz CT molecular complexity index is 305. The van der Waals surface area contributed by atoms with E-state index in [-0.39, 0.29) is 0 Å². The Morgan fingerprint density at radius 3 is 3.21 bits per heavy atom. The van der Waals surface area contributed by atoms with Gasteiger partial charge in [0.05, 0.1) is 0 Å². The zero-order chi connectivity index (χ0) is 9.97. The zero-order valence-electron chi connectivity index (χ0n) is 8.32. The van der Waals surface area contributed by atoms with Gasteiger partial charge in [0.15, 0.2) is 0 Å². The van der Waals surface area contributed by atoms with Crippen molar-refractivity contribution in [2.24, 2.45) is 7.05 Å². The van der Waals surface area contributed by atoms with E-state index in [0.717, 1.165) is 11.1 Å². The van der Waals surface area contributed by atoms with Crippen molar-refractivity contribution in [1.29, 1.82) is 0 Å². The number of aryl methyl sites for hydroxylation is 1. The van der Waals surface area contributed by atoms with Gasteiger partial charge in [-0.15, -0.1) is 0 Å². The minimum atomic E-state index is -0.453. The van der Waals surface area contributed by atoms with Crippen LogP contribution in [0.3, 0.4) is 0 Å². The van der Waals surface area contributed by atoms with Gasteiger partial charge in [-0.05, 0) is 0 Å². The number of aromatic nitrogens is 2. The van der Waals surface area contributed by atoms with Crippen molar-refractivity contribution in [3.8, 4) is 0 Å². The molecule has 0 amide bonds. The molecule has 0 N–H and O–H groups in total. The van der Waals surface area contributed by atoms with E-state index in [4.69, 9.17) is 4.74 Å². The Balaban J connectivity index is 2.04. The summed E-state index contributed by atoms with van der Waals surface area (Å²) in [6, 6.07) is 0. The first kappa shape index (κ1) is 10.8. The summed E-state index contributed by atoms with van der Waals surface area (Å²) >= 11 is 3.27. The number of halogens is 1. The molecule has 3 nitrogen and oxygen atoms in total. The fourth-order valence-corrected chi connectivity index (χ4v) is 6.47. The predicted octanol–water partition coefficient (Wildman–Crippen LogP) is 2.45. The monoisotopic (exact) mass is 308 g/mol. The van der Waals surface area contributed by atoms with Crippen LogP contribution < -0.4 is 0 Å². The maximum absolute atomic E-state index is 5.77. The number of hydrogen-bond acceptors (Lipinski definition) is 2. The summed E-state index contributed by atoms with van der Waals surface area (Å²) in [5.41, 5.74) is 1.24. The second kappa shape index (κ2) is 4.86. The first-order valence-electron chi connectivity index (χ1n) is 4.95. The SMILES string of the molecule is Cn1cc(C2C[CH]([Zn][Br])CCO2)cn1. The van der Waals surface area contributed by atoms with Gasteiger partial charge in [-0.25, -0.2) is 0 Å². The number of hydrogen-bond donors (Lipinski definition) is 0. The van der Waals surface area contributed by atoms with Crippen LogP contribution in [-0.2, 0) is 27.0 Å². The Morgan fingerprint density at radius 2 is 2.57 bits per heavy atom. The van der Waals surface area contributed by atoms with Crippen LogP contribution in [0, 0.1) is 0 Å². The number of nitrogens with zero attached hydrogens (tertiary/aromatic N) is 2. The van der Waals surface area contributed by atoms with Crippen LogP contribution in [0.4, 0.5) is 0 Å². The summed E-state index contributed by atoms with van der Waals surface area (Å²) in [6.45, 7) is 0.918. The second-order valence-corrected chi connectivity index (χ2v) is 10.3. The fraction of sp³-hybridized carbons (Fsp3) is 0.667. The summed E-state index contributed by atoms with van der Waals surface area (Å²) in [6.07, 6.45) is 6.73. The number of rotatable bonds is 2. The summed E-state index contributed by atoms with van der Waals surface area (Å²) in [7, 11) is 1.95. The van der Waals surface area contributed by atoms with Crippen molar-refractivity contribution >= 4 is 13.6 Å². The molecule has 0 radical (unpaired) electrons. The molecular weight excluding hydrogens is 297 g/mol. The van der Waals surface area contributed by atoms with E-state index in [1.54, 1.807) is 0 Å². The zero-order valence-corrected chi connectivity index (χ0v) is 12.9. The third-order valence-corrected chi connectivity index (χ3v) is 9.94. The molecule has 0 saturated carbocycles. The van der Waals surface area contributed by atoms with Crippen molar-refractivity contribution in [2.75, 3.05) is 6.61 Å². The molecule has 0 aliphatic carbocycles. The maximum atomic E-state index is 5.77. The molecule has 1 saturated heterocycles. The van der Waals surface area contributed by atoms with Gasteiger partial charge < -0.3 is 0 Å². The van der Waals surface area contributed by atoms with E-state index in [2.05, 4.69) is 24.9 Å². The van der Waals surface area contributed by atoms with Crippen LogP contribution in [0.15, 0.2) is 12.4 Å². The van der Waals surface area contributed by atoms with Crippen molar-refractivity contribution in [3.63, 3.8) is 0 Å². The quantitative estimate of drug-likeness (QED) is 0.785. The Hall–Kier alpha value is 0.273. The molecule has 14 heavy (non-hydrogen) atoms. The number of ether oxygens (including phenoxy) is 1. The van der Waals surface area contributed by atoms with Crippen LogP contribution in [-0.4, -0.2) is 16.4 Å². The predicted molar refractivity (Wildman–Crippen MR) is 53.8 cm³/mol. The van der Waals surface area contributed by atoms with E-state index in [1.807, 2.05) is 17.9 Å². The van der Waals surface area contributed by atoms with Gasteiger partial charge in [0, 0.05) is 0 Å². The molecule has 1 fully saturated rings. The van der Waals surface area contributed by atoms with Crippen molar-refractivity contribution in [1.82, 2.24) is 9.78 Å². The summed E-state index contributed by atoms with van der Waals surface area (Å²) < 4.78 is 8.54. The van der Waals surface area contributed by atoms with Gasteiger partial charge in [0.25, 0.3) is 0 Å². The van der Waals surface area contributed by atoms with Crippen LogP contribution in [0.5, 0.6) is 0 Å². The molecule has 1 aromatic heterocycles. The summed E-state index contributed by atoms with van der Waals surface area (Å²) in [5, 5.41) is 4.18. The minimum absolute atomic E-state index is 0.297. The molecule has 1 aliphatic heterocycles. The molecule has 2 rings (SSSR count). The molecule has 5 heteroatoms. The normalized spacial score (nSPS) is 27.3. The molecule has 0 aromatic carbocycles. The van der Waals surface area contributed by atoms with E-state index in [9.17, 15) is 0 Å². The molecule has 0 spiro atoms. The Morgan fingerprint density at radius 1 is 1.71 bits per heavy atom. The van der Waals surface area contributed by atoms with Gasteiger partial charge in [-0.3, -0.25) is 0 Å². The Labute approximate surface area is 98.2 Å². The van der Waals surface area contributed by atoms with E-state index in [1.165, 1.54) is 18.4 Å². The third kappa shape index (κ3) is 2.44. The van der Waals surface area contributed by atoms with Gasteiger partial charge in [0.2, 0.25) is 0 Å². The van der Waals surface area contributed by atoms with Crippen molar-refractivity contribution in [3.05, 3.63) is 18.0 Å². The fourth-order valence-electron chi connectivity index (χ4n) is 1.84. The first-order valence-corrected chi connectivity index (χ1v) is 13.6. The van der Waals surface area contributed by atoms with Gasteiger partial charge in [-0.1, -0.05) is 0 Å². The average molecular weight is 311 g/mol. The Kier molecular flexibility index (Phi) is 3.75. The first-order chi connectivity index (χ1) is 6.79. The van der Waals surface area contributed by atoms with E-state index in [0.29, 0.717) is 6.10 Å². The molecule has 1 aliphatic rings. The van der Waals surface area contributed by atoms with E-state index < -0.39 is 15.2 Å². The van der Waals surface area contributed by atoms with Gasteiger partial charge in [0.1, 0.15) is 0 Å². The van der Waals surface area contributed by atoms with Gasteiger partial charge in [-0.2, -0.15) is 0 Å². The molecule has 2 unspecified atom stereocenters.